The van der Waals surface area contributed by atoms with Gasteiger partial charge in [0.2, 0.25) is 5.91 Å². The van der Waals surface area contributed by atoms with Crippen LogP contribution < -0.4 is 11.0 Å². The Balaban J connectivity index is 1.42. The molecule has 0 aliphatic carbocycles. The highest BCUT2D eigenvalue weighted by molar-refractivity contribution is 7.99. The lowest BCUT2D eigenvalue weighted by Crippen LogP contribution is -2.25. The average Bonchev–Trinajstić information content (AvgIpc) is 3.45. The number of hydrogen-bond acceptors (Lipinski definition) is 6. The number of hydrogen-bond donors (Lipinski definition) is 2. The van der Waals surface area contributed by atoms with Crippen LogP contribution in [0.25, 0.3) is 5.69 Å². The molecule has 0 spiro atoms. The Morgan fingerprint density at radius 1 is 1.33 bits per heavy atom. The van der Waals surface area contributed by atoms with E-state index in [-0.39, 0.29) is 23.5 Å². The average molecular weight is 429 g/mol. The quantitative estimate of drug-likeness (QED) is 0.559. The molecule has 10 heteroatoms. The molecule has 0 saturated carbocycles. The number of carbonyl (C=O) groups is 1. The van der Waals surface area contributed by atoms with E-state index in [1.54, 1.807) is 0 Å². The fraction of sp³-hybridized carbons (Fsp3) is 0.400. The maximum atomic E-state index is 12.6. The highest BCUT2D eigenvalue weighted by Crippen LogP contribution is 2.24. The topological polar surface area (TPSA) is 107 Å². The van der Waals surface area contributed by atoms with Crippen LogP contribution in [0.4, 0.5) is 5.69 Å². The van der Waals surface area contributed by atoms with Gasteiger partial charge in [-0.15, -0.1) is 5.10 Å². The van der Waals surface area contributed by atoms with E-state index < -0.39 is 0 Å². The van der Waals surface area contributed by atoms with Gasteiger partial charge in [0.25, 0.3) is 0 Å². The van der Waals surface area contributed by atoms with Crippen LogP contribution in [-0.2, 0) is 16.1 Å². The summed E-state index contributed by atoms with van der Waals surface area (Å²) in [5.41, 5.74) is 2.94. The van der Waals surface area contributed by atoms with Crippen molar-refractivity contribution in [2.75, 3.05) is 17.7 Å². The number of rotatable bonds is 7. The molecule has 1 aromatic carbocycles. The summed E-state index contributed by atoms with van der Waals surface area (Å²) in [6, 6.07) is 9.77. The number of para-hydroxylation sites is 1. The molecule has 1 saturated heterocycles. The zero-order valence-corrected chi connectivity index (χ0v) is 17.7. The Labute approximate surface area is 177 Å². The number of aryl methyl sites for hydroxylation is 1. The van der Waals surface area contributed by atoms with E-state index in [0.717, 1.165) is 36.5 Å². The predicted molar refractivity (Wildman–Crippen MR) is 114 cm³/mol. The number of thioether (sulfide) groups is 1. The smallest absolute Gasteiger partial charge is 0.344 e. The van der Waals surface area contributed by atoms with Gasteiger partial charge in [-0.1, -0.05) is 30.0 Å². The number of ether oxygens (including phenoxy) is 1. The Morgan fingerprint density at radius 2 is 2.13 bits per heavy atom. The fourth-order valence-corrected chi connectivity index (χ4v) is 4.27. The van der Waals surface area contributed by atoms with Crippen molar-refractivity contribution < 1.29 is 9.53 Å². The number of benzene rings is 1. The van der Waals surface area contributed by atoms with Crippen LogP contribution in [0.1, 0.15) is 24.2 Å². The summed E-state index contributed by atoms with van der Waals surface area (Å²) in [5.74, 6) is -0.0523. The molecule has 1 aliphatic heterocycles. The van der Waals surface area contributed by atoms with Crippen molar-refractivity contribution in [1.29, 1.82) is 0 Å². The monoisotopic (exact) mass is 428 g/mol. The van der Waals surface area contributed by atoms with Gasteiger partial charge in [0.1, 0.15) is 0 Å². The molecule has 3 heterocycles. The lowest BCUT2D eigenvalue weighted by Gasteiger charge is -2.11. The highest BCUT2D eigenvalue weighted by Gasteiger charge is 2.21. The van der Waals surface area contributed by atoms with Gasteiger partial charge < -0.3 is 10.1 Å². The maximum absolute atomic E-state index is 12.6. The third-order valence-corrected chi connectivity index (χ3v) is 6.00. The first-order chi connectivity index (χ1) is 14.5. The molecule has 0 bridgehead atoms. The third-order valence-electron chi connectivity index (χ3n) is 5.02. The Bertz CT molecular complexity index is 1080. The summed E-state index contributed by atoms with van der Waals surface area (Å²) >= 11 is 1.22. The zero-order valence-electron chi connectivity index (χ0n) is 16.9. The highest BCUT2D eigenvalue weighted by atomic mass is 32.2. The largest absolute Gasteiger partial charge is 0.376 e. The molecular weight excluding hydrogens is 404 g/mol. The number of aromatic amines is 1. The molecule has 1 amide bonds. The molecule has 1 atom stereocenters. The summed E-state index contributed by atoms with van der Waals surface area (Å²) in [5, 5.41) is 14.5. The van der Waals surface area contributed by atoms with E-state index >= 15 is 0 Å². The molecule has 0 radical (unpaired) electrons. The predicted octanol–water partition coefficient (Wildman–Crippen LogP) is 2.28. The van der Waals surface area contributed by atoms with Gasteiger partial charge in [0, 0.05) is 6.61 Å². The molecule has 158 valence electrons. The maximum Gasteiger partial charge on any atom is 0.344 e. The van der Waals surface area contributed by atoms with E-state index in [1.807, 2.05) is 48.9 Å². The van der Waals surface area contributed by atoms with E-state index in [4.69, 9.17) is 4.74 Å². The Morgan fingerprint density at radius 3 is 2.87 bits per heavy atom. The van der Waals surface area contributed by atoms with Gasteiger partial charge in [-0.05, 0) is 38.8 Å². The first-order valence-electron chi connectivity index (χ1n) is 9.84. The number of aromatic nitrogens is 5. The van der Waals surface area contributed by atoms with Gasteiger partial charge in [0.15, 0.2) is 5.16 Å². The first kappa shape index (κ1) is 20.4. The lowest BCUT2D eigenvalue weighted by molar-refractivity contribution is -0.113. The molecule has 2 N–H and O–H groups in total. The van der Waals surface area contributed by atoms with Gasteiger partial charge in [-0.3, -0.25) is 9.36 Å². The molecule has 1 unspecified atom stereocenters. The number of anilines is 1. The van der Waals surface area contributed by atoms with Gasteiger partial charge in [0.05, 0.1) is 41.2 Å². The van der Waals surface area contributed by atoms with Crippen molar-refractivity contribution >= 4 is 23.4 Å². The number of nitrogens with one attached hydrogen (secondary N) is 2. The van der Waals surface area contributed by atoms with Gasteiger partial charge >= 0.3 is 5.69 Å². The SMILES string of the molecule is Cc1nn(-c2ccccc2)c(C)c1NC(=O)CSc1n[nH]c(=O)n1CC1CCCO1. The van der Waals surface area contributed by atoms with Crippen LogP contribution in [0.5, 0.6) is 0 Å². The Kier molecular flexibility index (Phi) is 6.05. The van der Waals surface area contributed by atoms with Gasteiger partial charge in [-0.25, -0.2) is 14.6 Å². The first-order valence-corrected chi connectivity index (χ1v) is 10.8. The van der Waals surface area contributed by atoms with Crippen molar-refractivity contribution in [2.45, 2.75) is 44.5 Å². The minimum atomic E-state index is -0.288. The van der Waals surface area contributed by atoms with Crippen LogP contribution in [0, 0.1) is 13.8 Å². The van der Waals surface area contributed by atoms with Crippen LogP contribution in [0.2, 0.25) is 0 Å². The number of nitrogens with zero attached hydrogens (tertiary/aromatic N) is 4. The van der Waals surface area contributed by atoms with Crippen LogP contribution in [-0.4, -0.2) is 48.9 Å². The van der Waals surface area contributed by atoms with E-state index in [0.29, 0.717) is 17.4 Å². The fourth-order valence-electron chi connectivity index (χ4n) is 3.52. The summed E-state index contributed by atoms with van der Waals surface area (Å²) in [6.45, 7) is 4.95. The van der Waals surface area contributed by atoms with Gasteiger partial charge in [-0.2, -0.15) is 5.10 Å². The van der Waals surface area contributed by atoms with Crippen molar-refractivity contribution in [3.8, 4) is 5.69 Å². The Hall–Kier alpha value is -2.85. The number of amides is 1. The van der Waals surface area contributed by atoms with Crippen molar-refractivity contribution in [3.63, 3.8) is 0 Å². The van der Waals surface area contributed by atoms with Crippen LogP contribution in [0.15, 0.2) is 40.3 Å². The summed E-state index contributed by atoms with van der Waals surface area (Å²) in [7, 11) is 0. The summed E-state index contributed by atoms with van der Waals surface area (Å²) in [6.07, 6.45) is 1.94. The second kappa shape index (κ2) is 8.88. The van der Waals surface area contributed by atoms with Crippen molar-refractivity contribution in [2.24, 2.45) is 0 Å². The molecular formula is C20H24N6O3S. The third kappa shape index (κ3) is 4.34. The number of carbonyl (C=O) groups excluding carboxylic acids is 1. The number of H-pyrrole nitrogens is 1. The second-order valence-corrected chi connectivity index (χ2v) is 8.13. The minimum Gasteiger partial charge on any atom is -0.376 e. The second-order valence-electron chi connectivity index (χ2n) is 7.19. The van der Waals surface area contributed by atoms with E-state index in [2.05, 4.69) is 20.6 Å². The molecule has 1 aliphatic rings. The molecule has 9 nitrogen and oxygen atoms in total. The molecule has 4 rings (SSSR count). The van der Waals surface area contributed by atoms with E-state index in [9.17, 15) is 9.59 Å². The van der Waals surface area contributed by atoms with E-state index in [1.165, 1.54) is 16.3 Å². The summed E-state index contributed by atoms with van der Waals surface area (Å²) < 4.78 is 8.96. The normalized spacial score (nSPS) is 16.1. The molecule has 1 fully saturated rings. The lowest BCUT2D eigenvalue weighted by atomic mass is 10.2. The minimum absolute atomic E-state index is 0.0163. The van der Waals surface area contributed by atoms with Crippen LogP contribution in [0.3, 0.4) is 0 Å². The molecule has 3 aromatic rings. The standard InChI is InChI=1S/C20H24N6O3S/c1-13-18(14(2)26(24-13)15-7-4-3-5-8-15)21-17(27)12-30-20-23-22-19(28)25(20)11-16-9-6-10-29-16/h3-5,7-8,16H,6,9-12H2,1-2H3,(H,21,27)(H,22,28). The summed E-state index contributed by atoms with van der Waals surface area (Å²) in [4.78, 5) is 24.6. The molecule has 30 heavy (non-hydrogen) atoms. The zero-order chi connectivity index (χ0) is 21.1. The van der Waals surface area contributed by atoms with Crippen molar-refractivity contribution in [1.82, 2.24) is 24.5 Å². The molecule has 2 aromatic heterocycles. The van der Waals surface area contributed by atoms with Crippen molar-refractivity contribution in [3.05, 3.63) is 52.2 Å². The van der Waals surface area contributed by atoms with Crippen LogP contribution >= 0.6 is 11.8 Å².